The molecule has 0 saturated carbocycles. The Morgan fingerprint density at radius 1 is 1.38 bits per heavy atom. The minimum Gasteiger partial charge on any atom is -0.374 e. The van der Waals surface area contributed by atoms with E-state index in [-0.39, 0.29) is 6.10 Å². The van der Waals surface area contributed by atoms with E-state index in [9.17, 15) is 0 Å². The fourth-order valence-electron chi connectivity index (χ4n) is 1.49. The van der Waals surface area contributed by atoms with Crippen LogP contribution in [-0.2, 0) is 4.74 Å². The Kier molecular flexibility index (Phi) is 3.63. The van der Waals surface area contributed by atoms with E-state index in [1.165, 1.54) is 0 Å². The van der Waals surface area contributed by atoms with Gasteiger partial charge in [-0.15, -0.1) is 5.10 Å². The first-order chi connectivity index (χ1) is 7.75. The standard InChI is InChI=1S/C10H17N5O/c1-7-8(2)14-15-10(13-7)12-6-9-5-11-3-4-16-9/h9,11H,3-6H2,1-2H3,(H,12,13,15). The first-order valence-electron chi connectivity index (χ1n) is 5.50. The highest BCUT2D eigenvalue weighted by atomic mass is 16.5. The van der Waals surface area contributed by atoms with Gasteiger partial charge in [-0.3, -0.25) is 0 Å². The number of ether oxygens (including phenoxy) is 1. The van der Waals surface area contributed by atoms with Crippen LogP contribution in [0.4, 0.5) is 5.95 Å². The number of hydrogen-bond donors (Lipinski definition) is 2. The zero-order valence-electron chi connectivity index (χ0n) is 9.66. The van der Waals surface area contributed by atoms with Gasteiger partial charge in [0, 0.05) is 19.6 Å². The van der Waals surface area contributed by atoms with Gasteiger partial charge in [0.25, 0.3) is 0 Å². The number of anilines is 1. The summed E-state index contributed by atoms with van der Waals surface area (Å²) in [6.45, 7) is 7.08. The lowest BCUT2D eigenvalue weighted by Crippen LogP contribution is -2.42. The molecule has 0 radical (unpaired) electrons. The van der Waals surface area contributed by atoms with Gasteiger partial charge in [-0.2, -0.15) is 5.10 Å². The lowest BCUT2D eigenvalue weighted by Gasteiger charge is -2.23. The van der Waals surface area contributed by atoms with Crippen molar-refractivity contribution in [3.05, 3.63) is 11.4 Å². The van der Waals surface area contributed by atoms with E-state index in [1.807, 2.05) is 13.8 Å². The Morgan fingerprint density at radius 3 is 2.94 bits per heavy atom. The quantitative estimate of drug-likeness (QED) is 0.745. The van der Waals surface area contributed by atoms with Crippen LogP contribution in [0.5, 0.6) is 0 Å². The zero-order chi connectivity index (χ0) is 11.4. The number of nitrogens with one attached hydrogen (secondary N) is 2. The van der Waals surface area contributed by atoms with Crippen LogP contribution in [0.3, 0.4) is 0 Å². The van der Waals surface area contributed by atoms with Gasteiger partial charge in [-0.1, -0.05) is 0 Å². The van der Waals surface area contributed by atoms with Gasteiger partial charge in [-0.05, 0) is 13.8 Å². The number of aromatic nitrogens is 3. The van der Waals surface area contributed by atoms with E-state index in [1.54, 1.807) is 0 Å². The van der Waals surface area contributed by atoms with Gasteiger partial charge in [0.1, 0.15) is 0 Å². The van der Waals surface area contributed by atoms with Crippen molar-refractivity contribution in [2.75, 3.05) is 31.6 Å². The molecule has 0 bridgehead atoms. The third kappa shape index (κ3) is 2.86. The molecule has 1 atom stereocenters. The highest BCUT2D eigenvalue weighted by Gasteiger charge is 2.13. The summed E-state index contributed by atoms with van der Waals surface area (Å²) in [5.74, 6) is 0.567. The van der Waals surface area contributed by atoms with Crippen molar-refractivity contribution < 1.29 is 4.74 Å². The smallest absolute Gasteiger partial charge is 0.243 e. The van der Waals surface area contributed by atoms with Crippen LogP contribution in [0.1, 0.15) is 11.4 Å². The summed E-state index contributed by atoms with van der Waals surface area (Å²) in [6, 6.07) is 0. The van der Waals surface area contributed by atoms with Gasteiger partial charge in [-0.25, -0.2) is 4.98 Å². The van der Waals surface area contributed by atoms with Crippen molar-refractivity contribution in [1.29, 1.82) is 0 Å². The molecule has 1 aromatic rings. The molecule has 1 aromatic heterocycles. The molecule has 0 spiro atoms. The van der Waals surface area contributed by atoms with Gasteiger partial charge in [0.15, 0.2) is 0 Å². The topological polar surface area (TPSA) is 72.0 Å². The highest BCUT2D eigenvalue weighted by Crippen LogP contribution is 2.03. The fourth-order valence-corrected chi connectivity index (χ4v) is 1.49. The molecule has 6 nitrogen and oxygen atoms in total. The van der Waals surface area contributed by atoms with Crippen LogP contribution < -0.4 is 10.6 Å². The monoisotopic (exact) mass is 223 g/mol. The van der Waals surface area contributed by atoms with Crippen molar-refractivity contribution in [2.24, 2.45) is 0 Å². The summed E-state index contributed by atoms with van der Waals surface area (Å²) < 4.78 is 5.55. The Morgan fingerprint density at radius 2 is 2.25 bits per heavy atom. The maximum atomic E-state index is 5.55. The lowest BCUT2D eigenvalue weighted by molar-refractivity contribution is 0.0371. The second-order valence-electron chi connectivity index (χ2n) is 3.88. The van der Waals surface area contributed by atoms with Gasteiger partial charge >= 0.3 is 0 Å². The fraction of sp³-hybridized carbons (Fsp3) is 0.700. The molecule has 0 amide bonds. The van der Waals surface area contributed by atoms with E-state index < -0.39 is 0 Å². The summed E-state index contributed by atoms with van der Waals surface area (Å²) >= 11 is 0. The van der Waals surface area contributed by atoms with Gasteiger partial charge in [0.2, 0.25) is 5.95 Å². The predicted octanol–water partition coefficient (Wildman–Crippen LogP) is -0.111. The van der Waals surface area contributed by atoms with Crippen molar-refractivity contribution in [2.45, 2.75) is 20.0 Å². The molecule has 1 saturated heterocycles. The summed E-state index contributed by atoms with van der Waals surface area (Å²) in [5.41, 5.74) is 1.77. The minimum absolute atomic E-state index is 0.180. The third-order valence-corrected chi connectivity index (χ3v) is 2.58. The molecule has 1 aliphatic rings. The molecule has 0 aliphatic carbocycles. The molecule has 1 unspecified atom stereocenters. The second-order valence-corrected chi connectivity index (χ2v) is 3.88. The first kappa shape index (κ1) is 11.2. The molecule has 2 rings (SSSR count). The number of morpholine rings is 1. The molecule has 6 heteroatoms. The average Bonchev–Trinajstić information content (AvgIpc) is 2.32. The van der Waals surface area contributed by atoms with Crippen molar-refractivity contribution in [3.8, 4) is 0 Å². The summed E-state index contributed by atoms with van der Waals surface area (Å²) in [4.78, 5) is 4.30. The van der Waals surface area contributed by atoms with E-state index in [2.05, 4.69) is 25.8 Å². The van der Waals surface area contributed by atoms with E-state index >= 15 is 0 Å². The number of rotatable bonds is 3. The van der Waals surface area contributed by atoms with Crippen LogP contribution >= 0.6 is 0 Å². The Balaban J connectivity index is 1.86. The van der Waals surface area contributed by atoms with Crippen molar-refractivity contribution in [3.63, 3.8) is 0 Å². The Hall–Kier alpha value is -1.27. The molecule has 2 N–H and O–H groups in total. The third-order valence-electron chi connectivity index (χ3n) is 2.58. The number of hydrogen-bond acceptors (Lipinski definition) is 6. The number of nitrogens with zero attached hydrogens (tertiary/aromatic N) is 3. The number of aryl methyl sites for hydroxylation is 2. The Labute approximate surface area is 94.8 Å². The van der Waals surface area contributed by atoms with E-state index in [4.69, 9.17) is 4.74 Å². The first-order valence-corrected chi connectivity index (χ1v) is 5.50. The molecular formula is C10H17N5O. The van der Waals surface area contributed by atoms with Crippen LogP contribution in [0, 0.1) is 13.8 Å². The van der Waals surface area contributed by atoms with Gasteiger partial charge < -0.3 is 15.4 Å². The van der Waals surface area contributed by atoms with Gasteiger partial charge in [0.05, 0.1) is 24.1 Å². The summed E-state index contributed by atoms with van der Waals surface area (Å²) in [7, 11) is 0. The molecule has 1 aliphatic heterocycles. The van der Waals surface area contributed by atoms with Crippen molar-refractivity contribution in [1.82, 2.24) is 20.5 Å². The molecule has 0 aromatic carbocycles. The maximum Gasteiger partial charge on any atom is 0.243 e. The highest BCUT2D eigenvalue weighted by molar-refractivity contribution is 5.24. The second kappa shape index (κ2) is 5.18. The minimum atomic E-state index is 0.180. The van der Waals surface area contributed by atoms with Crippen LogP contribution in [0.25, 0.3) is 0 Å². The normalized spacial score (nSPS) is 20.8. The van der Waals surface area contributed by atoms with Crippen LogP contribution in [0.15, 0.2) is 0 Å². The Bertz CT molecular complexity index is 351. The van der Waals surface area contributed by atoms with E-state index in [0.29, 0.717) is 12.5 Å². The lowest BCUT2D eigenvalue weighted by atomic mass is 10.3. The van der Waals surface area contributed by atoms with Crippen molar-refractivity contribution >= 4 is 5.95 Å². The molecular weight excluding hydrogens is 206 g/mol. The molecule has 16 heavy (non-hydrogen) atoms. The zero-order valence-corrected chi connectivity index (χ0v) is 9.66. The predicted molar refractivity (Wildman–Crippen MR) is 60.4 cm³/mol. The summed E-state index contributed by atoms with van der Waals surface area (Å²) in [6.07, 6.45) is 0.180. The molecule has 2 heterocycles. The largest absolute Gasteiger partial charge is 0.374 e. The van der Waals surface area contributed by atoms with Crippen LogP contribution in [-0.4, -0.2) is 47.5 Å². The van der Waals surface area contributed by atoms with Crippen LogP contribution in [0.2, 0.25) is 0 Å². The maximum absolute atomic E-state index is 5.55. The summed E-state index contributed by atoms with van der Waals surface area (Å²) in [5, 5.41) is 14.4. The SMILES string of the molecule is Cc1nnc(NCC2CNCCO2)nc1C. The van der Waals surface area contributed by atoms with E-state index in [0.717, 1.165) is 31.1 Å². The molecule has 1 fully saturated rings. The average molecular weight is 223 g/mol. The molecule has 88 valence electrons.